The van der Waals surface area contributed by atoms with Gasteiger partial charge in [-0.05, 0) is 42.0 Å². The number of hydrogen-bond donors (Lipinski definition) is 0. The maximum atomic E-state index is 2.43. The van der Waals surface area contributed by atoms with Gasteiger partial charge >= 0.3 is 0 Å². The molecule has 0 radical (unpaired) electrons. The van der Waals surface area contributed by atoms with Crippen molar-refractivity contribution in [1.82, 2.24) is 0 Å². The molecule has 22 heavy (non-hydrogen) atoms. The first-order valence-corrected chi connectivity index (χ1v) is 8.94. The molecule has 1 aliphatic rings. The molecule has 0 fully saturated rings. The molecule has 0 saturated heterocycles. The van der Waals surface area contributed by atoms with E-state index in [1.165, 1.54) is 42.4 Å². The predicted octanol–water partition coefficient (Wildman–Crippen LogP) is 6.89. The number of rotatable bonds is 4. The van der Waals surface area contributed by atoms with Crippen LogP contribution in [0.25, 0.3) is 11.1 Å². The van der Waals surface area contributed by atoms with Crippen LogP contribution in [0.2, 0.25) is 0 Å². The predicted molar refractivity (Wildman–Crippen MR) is 98.6 cm³/mol. The van der Waals surface area contributed by atoms with Gasteiger partial charge in [0.25, 0.3) is 0 Å². The third kappa shape index (κ3) is 2.60. The van der Waals surface area contributed by atoms with E-state index in [4.69, 9.17) is 0 Å². The van der Waals surface area contributed by atoms with Crippen molar-refractivity contribution >= 4 is 0 Å². The maximum absolute atomic E-state index is 2.43. The fraction of sp³-hybridized carbons (Fsp3) is 0.455. The third-order valence-electron chi connectivity index (χ3n) is 4.78. The highest BCUT2D eigenvalue weighted by molar-refractivity contribution is 5.81. The second kappa shape index (κ2) is 7.13. The van der Waals surface area contributed by atoms with E-state index in [1.54, 1.807) is 11.1 Å². The SMILES string of the molecule is CC.CCCC1(CCC)c2ccccc2-c2ccc(C)cc21. The first kappa shape index (κ1) is 16.8. The van der Waals surface area contributed by atoms with Gasteiger partial charge in [-0.25, -0.2) is 0 Å². The number of benzene rings is 2. The standard InChI is InChI=1S/C20H24.C2H6/c1-4-12-20(13-5-2)18-9-7-6-8-16(18)17-11-10-15(3)14-19(17)20;1-2/h6-11,14H,4-5,12-13H2,1-3H3;1-2H3. The summed E-state index contributed by atoms with van der Waals surface area (Å²) in [7, 11) is 0. The molecule has 118 valence electrons. The van der Waals surface area contributed by atoms with Gasteiger partial charge in [-0.1, -0.05) is 88.6 Å². The van der Waals surface area contributed by atoms with Gasteiger partial charge in [0.05, 0.1) is 0 Å². The van der Waals surface area contributed by atoms with Gasteiger partial charge in [-0.2, -0.15) is 0 Å². The molecular weight excluding hydrogens is 264 g/mol. The molecule has 0 N–H and O–H groups in total. The summed E-state index contributed by atoms with van der Waals surface area (Å²) in [4.78, 5) is 0. The maximum Gasteiger partial charge on any atom is 0.0215 e. The quantitative estimate of drug-likeness (QED) is 0.576. The first-order chi connectivity index (χ1) is 10.7. The third-order valence-corrected chi connectivity index (χ3v) is 4.78. The van der Waals surface area contributed by atoms with Crippen molar-refractivity contribution in [2.75, 3.05) is 0 Å². The van der Waals surface area contributed by atoms with Gasteiger partial charge in [-0.3, -0.25) is 0 Å². The van der Waals surface area contributed by atoms with E-state index < -0.39 is 0 Å². The molecular formula is C22H30. The highest BCUT2D eigenvalue weighted by Crippen LogP contribution is 2.53. The smallest absolute Gasteiger partial charge is 0.0215 e. The zero-order chi connectivity index (χ0) is 16.2. The molecule has 0 unspecified atom stereocenters. The van der Waals surface area contributed by atoms with Gasteiger partial charge in [0.1, 0.15) is 0 Å². The van der Waals surface area contributed by atoms with Crippen molar-refractivity contribution in [3.63, 3.8) is 0 Å². The lowest BCUT2D eigenvalue weighted by molar-refractivity contribution is 0.435. The van der Waals surface area contributed by atoms with Crippen molar-refractivity contribution in [1.29, 1.82) is 0 Å². The summed E-state index contributed by atoms with van der Waals surface area (Å²) in [5.74, 6) is 0. The van der Waals surface area contributed by atoms with E-state index in [1.807, 2.05) is 13.8 Å². The molecule has 1 aliphatic carbocycles. The summed E-state index contributed by atoms with van der Waals surface area (Å²) >= 11 is 0. The molecule has 0 aliphatic heterocycles. The van der Waals surface area contributed by atoms with Crippen molar-refractivity contribution in [2.45, 2.75) is 65.7 Å². The van der Waals surface area contributed by atoms with Gasteiger partial charge in [-0.15, -0.1) is 0 Å². The molecule has 0 saturated carbocycles. The lowest BCUT2D eigenvalue weighted by atomic mass is 9.71. The molecule has 0 atom stereocenters. The largest absolute Gasteiger partial charge is 0.0683 e. The molecule has 0 spiro atoms. The normalized spacial score (nSPS) is 13.9. The molecule has 0 amide bonds. The molecule has 2 aromatic carbocycles. The minimum absolute atomic E-state index is 0.251. The Kier molecular flexibility index (Phi) is 5.45. The van der Waals surface area contributed by atoms with E-state index in [2.05, 4.69) is 63.2 Å². The van der Waals surface area contributed by atoms with E-state index >= 15 is 0 Å². The number of aryl methyl sites for hydroxylation is 1. The van der Waals surface area contributed by atoms with Gasteiger partial charge in [0.2, 0.25) is 0 Å². The molecule has 0 aromatic heterocycles. The van der Waals surface area contributed by atoms with Crippen LogP contribution < -0.4 is 0 Å². The van der Waals surface area contributed by atoms with E-state index in [0.29, 0.717) is 0 Å². The second-order valence-corrected chi connectivity index (χ2v) is 6.18. The van der Waals surface area contributed by atoms with Crippen molar-refractivity contribution in [3.8, 4) is 11.1 Å². The van der Waals surface area contributed by atoms with Crippen LogP contribution in [-0.4, -0.2) is 0 Å². The Morgan fingerprint density at radius 2 is 1.36 bits per heavy atom. The molecule has 0 bridgehead atoms. The fourth-order valence-corrected chi connectivity index (χ4v) is 4.09. The summed E-state index contributed by atoms with van der Waals surface area (Å²) in [6, 6.07) is 16.1. The Bertz CT molecular complexity index is 616. The first-order valence-electron chi connectivity index (χ1n) is 8.94. The zero-order valence-electron chi connectivity index (χ0n) is 14.9. The Hall–Kier alpha value is -1.56. The van der Waals surface area contributed by atoms with Gasteiger partial charge < -0.3 is 0 Å². The lowest BCUT2D eigenvalue weighted by Gasteiger charge is -2.32. The van der Waals surface area contributed by atoms with Gasteiger partial charge in [0, 0.05) is 5.41 Å². The summed E-state index contributed by atoms with van der Waals surface area (Å²) in [6.45, 7) is 10.8. The molecule has 3 rings (SSSR count). The van der Waals surface area contributed by atoms with Crippen LogP contribution >= 0.6 is 0 Å². The Labute approximate surface area is 136 Å². The van der Waals surface area contributed by atoms with Crippen LogP contribution in [0.4, 0.5) is 0 Å². The van der Waals surface area contributed by atoms with Crippen molar-refractivity contribution in [2.24, 2.45) is 0 Å². The highest BCUT2D eigenvalue weighted by Gasteiger charge is 2.41. The summed E-state index contributed by atoms with van der Waals surface area (Å²) in [5.41, 5.74) is 7.69. The summed E-state index contributed by atoms with van der Waals surface area (Å²) < 4.78 is 0. The van der Waals surface area contributed by atoms with Crippen molar-refractivity contribution < 1.29 is 0 Å². The number of fused-ring (bicyclic) bond motifs is 3. The topological polar surface area (TPSA) is 0 Å². The van der Waals surface area contributed by atoms with Crippen LogP contribution in [0.5, 0.6) is 0 Å². The molecule has 2 aromatic rings. The monoisotopic (exact) mass is 294 g/mol. The summed E-state index contributed by atoms with van der Waals surface area (Å²) in [5, 5.41) is 0. The van der Waals surface area contributed by atoms with Crippen LogP contribution in [0.1, 0.15) is 70.1 Å². The van der Waals surface area contributed by atoms with Crippen LogP contribution in [0, 0.1) is 6.92 Å². The molecule has 0 heterocycles. The van der Waals surface area contributed by atoms with Crippen LogP contribution in [0.15, 0.2) is 42.5 Å². The minimum Gasteiger partial charge on any atom is -0.0683 e. The van der Waals surface area contributed by atoms with Crippen LogP contribution in [0.3, 0.4) is 0 Å². The Balaban J connectivity index is 0.000000847. The summed E-state index contributed by atoms with van der Waals surface area (Å²) in [6.07, 6.45) is 4.99. The highest BCUT2D eigenvalue weighted by atomic mass is 14.4. The van der Waals surface area contributed by atoms with Crippen molar-refractivity contribution in [3.05, 3.63) is 59.2 Å². The number of hydrogen-bond acceptors (Lipinski definition) is 0. The molecule has 0 heteroatoms. The Morgan fingerprint density at radius 3 is 2.00 bits per heavy atom. The second-order valence-electron chi connectivity index (χ2n) is 6.18. The Morgan fingerprint density at radius 1 is 0.773 bits per heavy atom. The lowest BCUT2D eigenvalue weighted by Crippen LogP contribution is -2.25. The van der Waals surface area contributed by atoms with Gasteiger partial charge in [0.15, 0.2) is 0 Å². The average molecular weight is 294 g/mol. The minimum atomic E-state index is 0.251. The van der Waals surface area contributed by atoms with E-state index in [-0.39, 0.29) is 5.41 Å². The average Bonchev–Trinajstić information content (AvgIpc) is 2.81. The van der Waals surface area contributed by atoms with E-state index in [9.17, 15) is 0 Å². The zero-order valence-corrected chi connectivity index (χ0v) is 14.9. The molecule has 0 nitrogen and oxygen atoms in total. The fourth-order valence-electron chi connectivity index (χ4n) is 4.09. The van der Waals surface area contributed by atoms with E-state index in [0.717, 1.165) is 0 Å². The van der Waals surface area contributed by atoms with Crippen LogP contribution in [-0.2, 0) is 5.41 Å².